The maximum Gasteiger partial charge on any atom is 0.203 e. The van der Waals surface area contributed by atoms with Gasteiger partial charge >= 0.3 is 0 Å². The van der Waals surface area contributed by atoms with Gasteiger partial charge in [0.05, 0.1) is 0 Å². The lowest BCUT2D eigenvalue weighted by molar-refractivity contribution is 0.969. The van der Waals surface area contributed by atoms with Gasteiger partial charge in [-0.3, -0.25) is 0 Å². The van der Waals surface area contributed by atoms with Crippen LogP contribution in [0.3, 0.4) is 0 Å². The van der Waals surface area contributed by atoms with E-state index in [1.54, 1.807) is 0 Å². The van der Waals surface area contributed by atoms with Crippen LogP contribution in [0.15, 0.2) is 30.5 Å². The number of nitrogen functional groups attached to an aromatic ring is 1. The smallest absolute Gasteiger partial charge is 0.203 e. The molecule has 0 bridgehead atoms. The average molecular weight is 230 g/mol. The van der Waals surface area contributed by atoms with Crippen molar-refractivity contribution < 1.29 is 0 Å². The van der Waals surface area contributed by atoms with Crippen LogP contribution in [-0.4, -0.2) is 14.8 Å². The van der Waals surface area contributed by atoms with Crippen molar-refractivity contribution in [1.82, 2.24) is 14.8 Å². The average Bonchev–Trinajstić information content (AvgIpc) is 2.86. The van der Waals surface area contributed by atoms with Crippen molar-refractivity contribution in [2.45, 2.75) is 0 Å². The van der Waals surface area contributed by atoms with Gasteiger partial charge in [0.15, 0.2) is 0 Å². The van der Waals surface area contributed by atoms with Gasteiger partial charge < -0.3 is 10.3 Å². The molecule has 2 aromatic heterocycles. The second kappa shape index (κ2) is 3.31. The molecule has 0 saturated heterocycles. The van der Waals surface area contributed by atoms with Crippen molar-refractivity contribution in [1.29, 1.82) is 0 Å². The molecule has 5 heteroatoms. The summed E-state index contributed by atoms with van der Waals surface area (Å²) in [6, 6.07) is 8.33. The summed E-state index contributed by atoms with van der Waals surface area (Å²) >= 11 is 1.40. The summed E-state index contributed by atoms with van der Waals surface area (Å²) < 4.78 is 2.09. The van der Waals surface area contributed by atoms with E-state index in [9.17, 15) is 0 Å². The molecule has 2 heterocycles. The molecule has 0 aliphatic carbocycles. The molecular weight excluding hydrogens is 220 g/mol. The number of benzene rings is 1. The Morgan fingerprint density at radius 2 is 2.12 bits per heavy atom. The van der Waals surface area contributed by atoms with Crippen molar-refractivity contribution in [2.75, 3.05) is 5.73 Å². The van der Waals surface area contributed by atoms with Gasteiger partial charge in [-0.05, 0) is 17.5 Å². The van der Waals surface area contributed by atoms with E-state index >= 15 is 0 Å². The molecule has 0 amide bonds. The zero-order valence-corrected chi connectivity index (χ0v) is 9.53. The normalized spacial score (nSPS) is 11.1. The van der Waals surface area contributed by atoms with E-state index in [1.165, 1.54) is 22.2 Å². The fourth-order valence-electron chi connectivity index (χ4n) is 1.75. The second-order valence-corrected chi connectivity index (χ2v) is 4.65. The fourth-order valence-corrected chi connectivity index (χ4v) is 2.35. The summed E-state index contributed by atoms with van der Waals surface area (Å²) in [5, 5.41) is 10.5. The molecule has 0 atom stereocenters. The molecule has 1 aromatic carbocycles. The highest BCUT2D eigenvalue weighted by molar-refractivity contribution is 7.18. The zero-order chi connectivity index (χ0) is 11.1. The number of anilines is 1. The van der Waals surface area contributed by atoms with E-state index in [-0.39, 0.29) is 0 Å². The lowest BCUT2D eigenvalue weighted by Gasteiger charge is -1.99. The Bertz CT molecular complexity index is 653. The van der Waals surface area contributed by atoms with E-state index < -0.39 is 0 Å². The van der Waals surface area contributed by atoms with Crippen LogP contribution in [-0.2, 0) is 7.05 Å². The van der Waals surface area contributed by atoms with Crippen LogP contribution in [0.5, 0.6) is 0 Å². The minimum Gasteiger partial charge on any atom is -0.374 e. The third-order valence-electron chi connectivity index (χ3n) is 2.58. The predicted molar refractivity (Wildman–Crippen MR) is 66.2 cm³/mol. The molecule has 3 rings (SSSR count). The monoisotopic (exact) mass is 230 g/mol. The van der Waals surface area contributed by atoms with Crippen LogP contribution in [0.1, 0.15) is 0 Å². The lowest BCUT2D eigenvalue weighted by Crippen LogP contribution is -1.84. The van der Waals surface area contributed by atoms with Crippen molar-refractivity contribution in [2.24, 2.45) is 7.05 Å². The third kappa shape index (κ3) is 1.37. The maximum atomic E-state index is 5.58. The molecule has 0 fully saturated rings. The molecule has 2 N–H and O–H groups in total. The van der Waals surface area contributed by atoms with Crippen LogP contribution in [0, 0.1) is 0 Å². The van der Waals surface area contributed by atoms with Gasteiger partial charge in [-0.15, -0.1) is 10.2 Å². The summed E-state index contributed by atoms with van der Waals surface area (Å²) in [5.74, 6) is 0. The number of hydrogen-bond donors (Lipinski definition) is 1. The van der Waals surface area contributed by atoms with E-state index in [4.69, 9.17) is 5.73 Å². The fraction of sp³-hybridized carbons (Fsp3) is 0.0909. The van der Waals surface area contributed by atoms with Gasteiger partial charge in [0.2, 0.25) is 5.13 Å². The van der Waals surface area contributed by atoms with Crippen LogP contribution < -0.4 is 5.73 Å². The minimum atomic E-state index is 0.502. The first-order valence-corrected chi connectivity index (χ1v) is 5.70. The molecule has 0 spiro atoms. The summed E-state index contributed by atoms with van der Waals surface area (Å²) in [6.45, 7) is 0. The topological polar surface area (TPSA) is 56.7 Å². The summed E-state index contributed by atoms with van der Waals surface area (Å²) in [5.41, 5.74) is 7.82. The first kappa shape index (κ1) is 9.35. The number of fused-ring (bicyclic) bond motifs is 1. The highest BCUT2D eigenvalue weighted by Gasteiger charge is 2.06. The predicted octanol–water partition coefficient (Wildman–Crippen LogP) is 2.28. The van der Waals surface area contributed by atoms with E-state index in [2.05, 4.69) is 33.0 Å². The van der Waals surface area contributed by atoms with Crippen LogP contribution in [0.4, 0.5) is 5.13 Å². The quantitative estimate of drug-likeness (QED) is 0.697. The van der Waals surface area contributed by atoms with Crippen molar-refractivity contribution in [3.05, 3.63) is 30.5 Å². The highest BCUT2D eigenvalue weighted by atomic mass is 32.1. The molecule has 0 aliphatic heterocycles. The summed E-state index contributed by atoms with van der Waals surface area (Å²) in [7, 11) is 2.03. The first-order chi connectivity index (χ1) is 7.74. The van der Waals surface area contributed by atoms with E-state index in [0.717, 1.165) is 10.6 Å². The Balaban J connectivity index is 2.21. The number of nitrogens with zero attached hydrogens (tertiary/aromatic N) is 3. The number of rotatable bonds is 1. The summed E-state index contributed by atoms with van der Waals surface area (Å²) in [4.78, 5) is 0. The number of nitrogens with two attached hydrogens (primary N) is 1. The molecular formula is C11H10N4S. The van der Waals surface area contributed by atoms with Gasteiger partial charge in [0, 0.05) is 24.3 Å². The molecule has 3 aromatic rings. The van der Waals surface area contributed by atoms with Gasteiger partial charge in [0.1, 0.15) is 5.01 Å². The van der Waals surface area contributed by atoms with Crippen molar-refractivity contribution in [3.8, 4) is 10.6 Å². The maximum absolute atomic E-state index is 5.58. The van der Waals surface area contributed by atoms with Crippen molar-refractivity contribution >= 4 is 27.4 Å². The highest BCUT2D eigenvalue weighted by Crippen LogP contribution is 2.27. The molecule has 4 nitrogen and oxygen atoms in total. The van der Waals surface area contributed by atoms with Gasteiger partial charge in [0.25, 0.3) is 0 Å². The minimum absolute atomic E-state index is 0.502. The molecule has 0 saturated carbocycles. The van der Waals surface area contributed by atoms with Gasteiger partial charge in [-0.2, -0.15) is 0 Å². The molecule has 0 aliphatic rings. The Morgan fingerprint density at radius 3 is 2.88 bits per heavy atom. The van der Waals surface area contributed by atoms with Gasteiger partial charge in [-0.1, -0.05) is 23.5 Å². The molecule has 0 radical (unpaired) electrons. The van der Waals surface area contributed by atoms with Crippen LogP contribution in [0.25, 0.3) is 21.5 Å². The molecule has 80 valence electrons. The largest absolute Gasteiger partial charge is 0.374 e. The number of hydrogen-bond acceptors (Lipinski definition) is 4. The number of aromatic nitrogens is 3. The van der Waals surface area contributed by atoms with E-state index in [1.807, 2.05) is 19.3 Å². The lowest BCUT2D eigenvalue weighted by atomic mass is 10.2. The molecule has 16 heavy (non-hydrogen) atoms. The Hall–Kier alpha value is -1.88. The second-order valence-electron chi connectivity index (χ2n) is 3.65. The standard InChI is InChI=1S/C11H10N4S/c1-15-5-4-7-2-3-8(6-9(7)15)10-13-14-11(12)16-10/h2-6H,1H3,(H2,12,14). The Labute approximate surface area is 96.3 Å². The zero-order valence-electron chi connectivity index (χ0n) is 8.71. The van der Waals surface area contributed by atoms with E-state index in [0.29, 0.717) is 5.13 Å². The van der Waals surface area contributed by atoms with Crippen LogP contribution >= 0.6 is 11.3 Å². The first-order valence-electron chi connectivity index (χ1n) is 4.88. The number of aryl methyl sites for hydroxylation is 1. The van der Waals surface area contributed by atoms with Crippen molar-refractivity contribution in [3.63, 3.8) is 0 Å². The van der Waals surface area contributed by atoms with Crippen LogP contribution in [0.2, 0.25) is 0 Å². The summed E-state index contributed by atoms with van der Waals surface area (Å²) in [6.07, 6.45) is 2.04. The SMILES string of the molecule is Cn1ccc2ccc(-c3nnc(N)s3)cc21. The van der Waals surface area contributed by atoms with Gasteiger partial charge in [-0.25, -0.2) is 0 Å². The Kier molecular flexibility index (Phi) is 1.94. The Morgan fingerprint density at radius 1 is 1.25 bits per heavy atom. The molecule has 0 unspecified atom stereocenters. The third-order valence-corrected chi connectivity index (χ3v) is 3.38.